The molecule has 5 heteroatoms. The molecule has 1 amide bonds. The van der Waals surface area contributed by atoms with Crippen LogP contribution in [0, 0.1) is 6.92 Å². The Morgan fingerprint density at radius 2 is 1.96 bits per heavy atom. The molecule has 0 aliphatic rings. The molecular formula is C19H20N4O. The van der Waals surface area contributed by atoms with Gasteiger partial charge in [-0.15, -0.1) is 10.2 Å². The zero-order chi connectivity index (χ0) is 16.9. The minimum atomic E-state index is -0.0343. The van der Waals surface area contributed by atoms with E-state index in [9.17, 15) is 4.79 Å². The zero-order valence-electron chi connectivity index (χ0n) is 13.9. The average molecular weight is 320 g/mol. The minimum absolute atomic E-state index is 0.0343. The van der Waals surface area contributed by atoms with Crippen LogP contribution in [-0.2, 0) is 17.8 Å². The molecule has 0 saturated carbocycles. The predicted octanol–water partition coefficient (Wildman–Crippen LogP) is 3.45. The second kappa shape index (κ2) is 7.08. The number of carbonyl (C=O) groups excluding carboxylic acids is 1. The molecule has 5 nitrogen and oxygen atoms in total. The van der Waals surface area contributed by atoms with Crippen molar-refractivity contribution < 1.29 is 4.79 Å². The first-order valence-electron chi connectivity index (χ1n) is 7.99. The highest BCUT2D eigenvalue weighted by molar-refractivity contribution is 5.92. The SMILES string of the molecule is CCn1cnnc1-c1cccc(NC(=O)Cc2ccc(C)cc2)c1. The van der Waals surface area contributed by atoms with Crippen molar-refractivity contribution in [2.75, 3.05) is 5.32 Å². The molecule has 0 spiro atoms. The van der Waals surface area contributed by atoms with Gasteiger partial charge in [0.1, 0.15) is 6.33 Å². The number of anilines is 1. The van der Waals surface area contributed by atoms with Crippen molar-refractivity contribution in [3.8, 4) is 11.4 Å². The van der Waals surface area contributed by atoms with Crippen molar-refractivity contribution >= 4 is 11.6 Å². The van der Waals surface area contributed by atoms with Gasteiger partial charge in [-0.2, -0.15) is 0 Å². The molecule has 2 aromatic carbocycles. The third-order valence-electron chi connectivity index (χ3n) is 3.85. The van der Waals surface area contributed by atoms with Gasteiger partial charge < -0.3 is 9.88 Å². The molecule has 3 rings (SSSR count). The number of benzene rings is 2. The number of aryl methyl sites for hydroxylation is 2. The van der Waals surface area contributed by atoms with Gasteiger partial charge in [0, 0.05) is 17.8 Å². The van der Waals surface area contributed by atoms with Gasteiger partial charge in [-0.1, -0.05) is 42.0 Å². The third kappa shape index (κ3) is 3.68. The van der Waals surface area contributed by atoms with E-state index in [-0.39, 0.29) is 5.91 Å². The topological polar surface area (TPSA) is 59.8 Å². The summed E-state index contributed by atoms with van der Waals surface area (Å²) in [5.74, 6) is 0.764. The molecule has 0 fully saturated rings. The van der Waals surface area contributed by atoms with Crippen molar-refractivity contribution in [2.45, 2.75) is 26.8 Å². The van der Waals surface area contributed by atoms with Crippen LogP contribution in [0.2, 0.25) is 0 Å². The number of aromatic nitrogens is 3. The van der Waals surface area contributed by atoms with Crippen LogP contribution < -0.4 is 5.32 Å². The first kappa shape index (κ1) is 15.9. The van der Waals surface area contributed by atoms with Crippen LogP contribution in [0.4, 0.5) is 5.69 Å². The molecule has 3 aromatic rings. The van der Waals surface area contributed by atoms with Gasteiger partial charge in [0.05, 0.1) is 6.42 Å². The molecule has 0 radical (unpaired) electrons. The standard InChI is InChI=1S/C19H20N4O/c1-3-23-13-20-22-19(23)16-5-4-6-17(12-16)21-18(24)11-15-9-7-14(2)8-10-15/h4-10,12-13H,3,11H2,1-2H3,(H,21,24). The maximum atomic E-state index is 12.2. The quantitative estimate of drug-likeness (QED) is 0.783. The number of hydrogen-bond donors (Lipinski definition) is 1. The Labute approximate surface area is 141 Å². The number of hydrogen-bond acceptors (Lipinski definition) is 3. The van der Waals surface area contributed by atoms with Gasteiger partial charge in [-0.3, -0.25) is 4.79 Å². The third-order valence-corrected chi connectivity index (χ3v) is 3.85. The highest BCUT2D eigenvalue weighted by Crippen LogP contribution is 2.21. The van der Waals surface area contributed by atoms with Crippen LogP contribution >= 0.6 is 0 Å². The first-order chi connectivity index (χ1) is 11.7. The highest BCUT2D eigenvalue weighted by Gasteiger charge is 2.08. The van der Waals surface area contributed by atoms with Crippen LogP contribution in [-0.4, -0.2) is 20.7 Å². The molecule has 1 heterocycles. The lowest BCUT2D eigenvalue weighted by Gasteiger charge is -2.08. The summed E-state index contributed by atoms with van der Waals surface area (Å²) in [4.78, 5) is 12.2. The second-order valence-electron chi connectivity index (χ2n) is 5.73. The summed E-state index contributed by atoms with van der Waals surface area (Å²) in [6.45, 7) is 4.87. The summed E-state index contributed by atoms with van der Waals surface area (Å²) in [6, 6.07) is 15.7. The lowest BCUT2D eigenvalue weighted by molar-refractivity contribution is -0.115. The summed E-state index contributed by atoms with van der Waals surface area (Å²) in [5.41, 5.74) is 3.88. The van der Waals surface area contributed by atoms with Crippen molar-refractivity contribution in [1.82, 2.24) is 14.8 Å². The Morgan fingerprint density at radius 3 is 2.71 bits per heavy atom. The van der Waals surface area contributed by atoms with E-state index in [1.807, 2.05) is 66.9 Å². The van der Waals surface area contributed by atoms with Crippen molar-refractivity contribution in [3.63, 3.8) is 0 Å². The van der Waals surface area contributed by atoms with Gasteiger partial charge in [0.15, 0.2) is 5.82 Å². The van der Waals surface area contributed by atoms with Crippen molar-refractivity contribution in [3.05, 3.63) is 66.0 Å². The molecule has 0 unspecified atom stereocenters. The summed E-state index contributed by atoms with van der Waals surface area (Å²) in [7, 11) is 0. The number of amides is 1. The molecule has 1 aromatic heterocycles. The Morgan fingerprint density at radius 1 is 1.17 bits per heavy atom. The van der Waals surface area contributed by atoms with E-state index in [2.05, 4.69) is 15.5 Å². The molecule has 0 aliphatic carbocycles. The largest absolute Gasteiger partial charge is 0.326 e. The lowest BCUT2D eigenvalue weighted by Crippen LogP contribution is -2.14. The molecule has 24 heavy (non-hydrogen) atoms. The molecular weight excluding hydrogens is 300 g/mol. The van der Waals surface area contributed by atoms with E-state index < -0.39 is 0 Å². The van der Waals surface area contributed by atoms with E-state index in [4.69, 9.17) is 0 Å². The summed E-state index contributed by atoms with van der Waals surface area (Å²) in [6.07, 6.45) is 2.06. The normalized spacial score (nSPS) is 10.6. The Balaban J connectivity index is 1.72. The van der Waals surface area contributed by atoms with E-state index >= 15 is 0 Å². The number of rotatable bonds is 5. The maximum Gasteiger partial charge on any atom is 0.228 e. The van der Waals surface area contributed by atoms with Crippen molar-refractivity contribution in [2.24, 2.45) is 0 Å². The van der Waals surface area contributed by atoms with Crippen LogP contribution in [0.1, 0.15) is 18.1 Å². The lowest BCUT2D eigenvalue weighted by atomic mass is 10.1. The monoisotopic (exact) mass is 320 g/mol. The van der Waals surface area contributed by atoms with E-state index in [0.717, 1.165) is 29.2 Å². The summed E-state index contributed by atoms with van der Waals surface area (Å²) in [5, 5.41) is 11.1. The van der Waals surface area contributed by atoms with Gasteiger partial charge >= 0.3 is 0 Å². The van der Waals surface area contributed by atoms with Crippen LogP contribution in [0.3, 0.4) is 0 Å². The van der Waals surface area contributed by atoms with Gasteiger partial charge in [-0.25, -0.2) is 0 Å². The second-order valence-corrected chi connectivity index (χ2v) is 5.73. The summed E-state index contributed by atoms with van der Waals surface area (Å²) < 4.78 is 1.97. The van der Waals surface area contributed by atoms with Gasteiger partial charge in [0.25, 0.3) is 0 Å². The molecule has 0 bridgehead atoms. The molecule has 1 N–H and O–H groups in total. The first-order valence-corrected chi connectivity index (χ1v) is 7.99. The fraction of sp³-hybridized carbons (Fsp3) is 0.211. The Hall–Kier alpha value is -2.95. The fourth-order valence-corrected chi connectivity index (χ4v) is 2.54. The van der Waals surface area contributed by atoms with Gasteiger partial charge in [-0.05, 0) is 31.5 Å². The Bertz CT molecular complexity index is 837. The average Bonchev–Trinajstić information content (AvgIpc) is 3.06. The smallest absolute Gasteiger partial charge is 0.228 e. The highest BCUT2D eigenvalue weighted by atomic mass is 16.1. The van der Waals surface area contributed by atoms with Crippen molar-refractivity contribution in [1.29, 1.82) is 0 Å². The van der Waals surface area contributed by atoms with Crippen LogP contribution in [0.25, 0.3) is 11.4 Å². The fourth-order valence-electron chi connectivity index (χ4n) is 2.54. The minimum Gasteiger partial charge on any atom is -0.326 e. The summed E-state index contributed by atoms with van der Waals surface area (Å²) >= 11 is 0. The van der Waals surface area contributed by atoms with E-state index in [1.165, 1.54) is 5.56 Å². The van der Waals surface area contributed by atoms with Crippen LogP contribution in [0.15, 0.2) is 54.9 Å². The number of nitrogens with zero attached hydrogens (tertiary/aromatic N) is 3. The van der Waals surface area contributed by atoms with E-state index in [1.54, 1.807) is 6.33 Å². The van der Waals surface area contributed by atoms with Gasteiger partial charge in [0.2, 0.25) is 5.91 Å². The molecule has 0 atom stereocenters. The Kier molecular flexibility index (Phi) is 4.70. The number of carbonyl (C=O) groups is 1. The van der Waals surface area contributed by atoms with Crippen LogP contribution in [0.5, 0.6) is 0 Å². The zero-order valence-corrected chi connectivity index (χ0v) is 13.9. The maximum absolute atomic E-state index is 12.2. The van der Waals surface area contributed by atoms with E-state index in [0.29, 0.717) is 6.42 Å². The predicted molar refractivity (Wildman–Crippen MR) is 94.6 cm³/mol. The molecule has 0 saturated heterocycles. The molecule has 122 valence electrons. The molecule has 0 aliphatic heterocycles. The number of nitrogens with one attached hydrogen (secondary N) is 1.